The second-order valence-electron chi connectivity index (χ2n) is 3.71. The summed E-state index contributed by atoms with van der Waals surface area (Å²) in [7, 11) is 3.27. The fourth-order valence-corrected chi connectivity index (χ4v) is 1.96. The van der Waals surface area contributed by atoms with Crippen molar-refractivity contribution in [2.75, 3.05) is 19.5 Å². The highest BCUT2D eigenvalue weighted by molar-refractivity contribution is 9.10. The van der Waals surface area contributed by atoms with Crippen LogP contribution in [0.1, 0.15) is 12.5 Å². The van der Waals surface area contributed by atoms with E-state index in [1.807, 2.05) is 19.1 Å². The summed E-state index contributed by atoms with van der Waals surface area (Å²) in [5.74, 6) is 0. The highest BCUT2D eigenvalue weighted by Gasteiger charge is 2.16. The zero-order chi connectivity index (χ0) is 12.1. The van der Waals surface area contributed by atoms with Crippen molar-refractivity contribution < 1.29 is 9.47 Å². The number of anilines is 1. The fourth-order valence-electron chi connectivity index (χ4n) is 1.58. The minimum absolute atomic E-state index is 0.0769. The summed E-state index contributed by atoms with van der Waals surface area (Å²) >= 11 is 3.56. The van der Waals surface area contributed by atoms with Gasteiger partial charge in [-0.15, -0.1) is 0 Å². The molecule has 1 N–H and O–H groups in total. The Bertz CT molecular complexity index is 340. The van der Waals surface area contributed by atoms with E-state index < -0.39 is 0 Å². The first-order valence-corrected chi connectivity index (χ1v) is 5.96. The van der Waals surface area contributed by atoms with Gasteiger partial charge in [-0.1, -0.05) is 12.1 Å². The summed E-state index contributed by atoms with van der Waals surface area (Å²) in [4.78, 5) is 0. The molecule has 4 heteroatoms. The number of methoxy groups -OCH3 is 2. The summed E-state index contributed by atoms with van der Waals surface area (Å²) < 4.78 is 11.5. The lowest BCUT2D eigenvalue weighted by molar-refractivity contribution is -0.109. The lowest BCUT2D eigenvalue weighted by Gasteiger charge is -2.24. The molecule has 1 atom stereocenters. The Balaban J connectivity index is 2.76. The van der Waals surface area contributed by atoms with Crippen LogP contribution in [0.3, 0.4) is 0 Å². The van der Waals surface area contributed by atoms with Gasteiger partial charge in [0.2, 0.25) is 0 Å². The standard InChI is InChI=1S/C12H18BrNO2/c1-8-6-5-7-10(11(8)13)14-9(2)12(15-3)16-4/h5-7,9,12,14H,1-4H3. The molecule has 0 aromatic heterocycles. The summed E-state index contributed by atoms with van der Waals surface area (Å²) in [6, 6.07) is 6.18. The number of nitrogens with one attached hydrogen (secondary N) is 1. The Kier molecular flexibility index (Phi) is 5.25. The van der Waals surface area contributed by atoms with E-state index >= 15 is 0 Å². The van der Waals surface area contributed by atoms with E-state index in [1.54, 1.807) is 14.2 Å². The van der Waals surface area contributed by atoms with E-state index in [-0.39, 0.29) is 12.3 Å². The van der Waals surface area contributed by atoms with Gasteiger partial charge in [-0.25, -0.2) is 0 Å². The Morgan fingerprint density at radius 3 is 2.44 bits per heavy atom. The van der Waals surface area contributed by atoms with Crippen LogP contribution in [0.2, 0.25) is 0 Å². The molecule has 0 aliphatic rings. The zero-order valence-corrected chi connectivity index (χ0v) is 11.7. The van der Waals surface area contributed by atoms with Gasteiger partial charge in [-0.3, -0.25) is 0 Å². The van der Waals surface area contributed by atoms with Crippen LogP contribution >= 0.6 is 15.9 Å². The van der Waals surface area contributed by atoms with Crippen LogP contribution in [-0.4, -0.2) is 26.6 Å². The van der Waals surface area contributed by atoms with Crippen LogP contribution in [0.15, 0.2) is 22.7 Å². The third-order valence-corrected chi connectivity index (χ3v) is 3.50. The molecule has 1 aromatic rings. The largest absolute Gasteiger partial charge is 0.377 e. The van der Waals surface area contributed by atoms with Gasteiger partial charge in [0.15, 0.2) is 6.29 Å². The van der Waals surface area contributed by atoms with Crippen LogP contribution in [0, 0.1) is 6.92 Å². The maximum Gasteiger partial charge on any atom is 0.176 e. The van der Waals surface area contributed by atoms with E-state index in [1.165, 1.54) is 5.56 Å². The molecule has 0 bridgehead atoms. The number of hydrogen-bond donors (Lipinski definition) is 1. The van der Waals surface area contributed by atoms with Gasteiger partial charge >= 0.3 is 0 Å². The molecule has 90 valence electrons. The highest BCUT2D eigenvalue weighted by Crippen LogP contribution is 2.26. The third-order valence-electron chi connectivity index (χ3n) is 2.45. The SMILES string of the molecule is COC(OC)C(C)Nc1cccc(C)c1Br. The van der Waals surface area contributed by atoms with E-state index in [4.69, 9.17) is 9.47 Å². The van der Waals surface area contributed by atoms with Crippen molar-refractivity contribution in [3.63, 3.8) is 0 Å². The van der Waals surface area contributed by atoms with Crippen LogP contribution < -0.4 is 5.32 Å². The first-order chi connectivity index (χ1) is 7.60. The second-order valence-corrected chi connectivity index (χ2v) is 4.50. The van der Waals surface area contributed by atoms with Gasteiger partial charge in [0.05, 0.1) is 6.04 Å². The van der Waals surface area contributed by atoms with Crippen LogP contribution in [0.25, 0.3) is 0 Å². The second kappa shape index (κ2) is 6.23. The molecule has 0 aliphatic carbocycles. The van der Waals surface area contributed by atoms with Gasteiger partial charge in [0.1, 0.15) is 0 Å². The van der Waals surface area contributed by atoms with Crippen LogP contribution in [-0.2, 0) is 9.47 Å². The van der Waals surface area contributed by atoms with Crippen molar-refractivity contribution in [3.05, 3.63) is 28.2 Å². The lowest BCUT2D eigenvalue weighted by atomic mass is 10.2. The maximum atomic E-state index is 5.20. The Labute approximate surface area is 105 Å². The van der Waals surface area contributed by atoms with Crippen molar-refractivity contribution in [3.8, 4) is 0 Å². The van der Waals surface area contributed by atoms with Crippen LogP contribution in [0.4, 0.5) is 5.69 Å². The molecule has 3 nitrogen and oxygen atoms in total. The van der Waals surface area contributed by atoms with E-state index in [9.17, 15) is 0 Å². The van der Waals surface area contributed by atoms with Crippen molar-refractivity contribution in [2.45, 2.75) is 26.2 Å². The number of hydrogen-bond acceptors (Lipinski definition) is 3. The quantitative estimate of drug-likeness (QED) is 0.844. The molecule has 0 heterocycles. The number of rotatable bonds is 5. The smallest absolute Gasteiger partial charge is 0.176 e. The van der Waals surface area contributed by atoms with Gasteiger partial charge in [-0.2, -0.15) is 0 Å². The number of ether oxygens (including phenoxy) is 2. The average molecular weight is 288 g/mol. The minimum atomic E-state index is -0.257. The van der Waals surface area contributed by atoms with Gasteiger partial charge in [0.25, 0.3) is 0 Å². The molecular weight excluding hydrogens is 270 g/mol. The number of halogens is 1. The van der Waals surface area contributed by atoms with Crippen molar-refractivity contribution >= 4 is 21.6 Å². The molecule has 0 radical (unpaired) electrons. The zero-order valence-electron chi connectivity index (χ0n) is 10.1. The monoisotopic (exact) mass is 287 g/mol. The molecule has 0 spiro atoms. The average Bonchev–Trinajstić information content (AvgIpc) is 2.26. The Hall–Kier alpha value is -0.580. The van der Waals surface area contributed by atoms with Crippen molar-refractivity contribution in [2.24, 2.45) is 0 Å². The molecule has 16 heavy (non-hydrogen) atoms. The third kappa shape index (κ3) is 3.20. The maximum absolute atomic E-state index is 5.20. The molecule has 0 saturated carbocycles. The predicted molar refractivity (Wildman–Crippen MR) is 69.8 cm³/mol. The molecule has 0 saturated heterocycles. The molecular formula is C12H18BrNO2. The highest BCUT2D eigenvalue weighted by atomic mass is 79.9. The summed E-state index contributed by atoms with van der Waals surface area (Å²) in [6.45, 7) is 4.08. The van der Waals surface area contributed by atoms with Gasteiger partial charge < -0.3 is 14.8 Å². The lowest BCUT2D eigenvalue weighted by Crippen LogP contribution is -2.33. The van der Waals surface area contributed by atoms with Crippen LogP contribution in [0.5, 0.6) is 0 Å². The van der Waals surface area contributed by atoms with E-state index in [2.05, 4.69) is 34.2 Å². The van der Waals surface area contributed by atoms with E-state index in [0.29, 0.717) is 0 Å². The van der Waals surface area contributed by atoms with Gasteiger partial charge in [0, 0.05) is 24.4 Å². The topological polar surface area (TPSA) is 30.5 Å². The summed E-state index contributed by atoms with van der Waals surface area (Å²) in [6.07, 6.45) is -0.257. The minimum Gasteiger partial charge on any atom is -0.377 e. The molecule has 1 unspecified atom stereocenters. The first-order valence-electron chi connectivity index (χ1n) is 5.17. The first kappa shape index (κ1) is 13.5. The predicted octanol–water partition coefficient (Wildman–Crippen LogP) is 3.18. The molecule has 1 aromatic carbocycles. The van der Waals surface area contributed by atoms with E-state index in [0.717, 1.165) is 10.2 Å². The molecule has 1 rings (SSSR count). The number of benzene rings is 1. The summed E-state index contributed by atoms with van der Waals surface area (Å²) in [5, 5.41) is 3.36. The van der Waals surface area contributed by atoms with Gasteiger partial charge in [-0.05, 0) is 41.4 Å². The Morgan fingerprint density at radius 2 is 1.88 bits per heavy atom. The van der Waals surface area contributed by atoms with Crippen molar-refractivity contribution in [1.82, 2.24) is 0 Å². The summed E-state index contributed by atoms with van der Waals surface area (Å²) in [5.41, 5.74) is 2.25. The molecule has 0 fully saturated rings. The molecule has 0 aliphatic heterocycles. The fraction of sp³-hybridized carbons (Fsp3) is 0.500. The normalized spacial score (nSPS) is 12.9. The number of aryl methyl sites for hydroxylation is 1. The van der Waals surface area contributed by atoms with Crippen molar-refractivity contribution in [1.29, 1.82) is 0 Å². The Morgan fingerprint density at radius 1 is 1.25 bits per heavy atom. The molecule has 0 amide bonds.